The number of aliphatic imine (C=N–C) groups is 1. The summed E-state index contributed by atoms with van der Waals surface area (Å²) in [6.07, 6.45) is 1.64. The lowest BCUT2D eigenvalue weighted by Crippen LogP contribution is -2.19. The molecule has 1 fully saturated rings. The molecule has 0 unspecified atom stereocenters. The van der Waals surface area contributed by atoms with Crippen LogP contribution < -0.4 is 14.8 Å². The number of nitrogens with one attached hydrogen (secondary N) is 1. The van der Waals surface area contributed by atoms with Crippen LogP contribution in [0.25, 0.3) is 6.08 Å². The van der Waals surface area contributed by atoms with E-state index in [1.165, 1.54) is 43.1 Å². The van der Waals surface area contributed by atoms with E-state index in [1.807, 2.05) is 13.8 Å². The zero-order chi connectivity index (χ0) is 20.3. The predicted octanol–water partition coefficient (Wildman–Crippen LogP) is 5.17. The minimum absolute atomic E-state index is 0.0583. The van der Waals surface area contributed by atoms with Crippen molar-refractivity contribution in [1.29, 1.82) is 0 Å². The SMILES string of the molecule is COc1cc(/C=C2/SC(=Nc3ccc(F)cc3)NC2=O)cc(Cl)c1OC(C)C. The van der Waals surface area contributed by atoms with Crippen molar-refractivity contribution in [3.05, 3.63) is 57.7 Å². The van der Waals surface area contributed by atoms with Gasteiger partial charge in [0.1, 0.15) is 5.82 Å². The Kier molecular flexibility index (Phi) is 6.26. The molecule has 5 nitrogen and oxygen atoms in total. The van der Waals surface area contributed by atoms with Gasteiger partial charge in [0.2, 0.25) is 0 Å². The topological polar surface area (TPSA) is 59.9 Å². The summed E-state index contributed by atoms with van der Waals surface area (Å²) in [5.41, 5.74) is 1.24. The van der Waals surface area contributed by atoms with E-state index in [0.717, 1.165) is 0 Å². The molecule has 1 heterocycles. The maximum Gasteiger partial charge on any atom is 0.264 e. The Balaban J connectivity index is 1.86. The second-order valence-electron chi connectivity index (χ2n) is 6.16. The fraction of sp³-hybridized carbons (Fsp3) is 0.200. The number of amidine groups is 1. The Labute approximate surface area is 171 Å². The van der Waals surface area contributed by atoms with Crippen LogP contribution in [0.4, 0.5) is 10.1 Å². The zero-order valence-electron chi connectivity index (χ0n) is 15.5. The molecule has 146 valence electrons. The summed E-state index contributed by atoms with van der Waals surface area (Å²) in [5, 5.41) is 3.50. The lowest BCUT2D eigenvalue weighted by molar-refractivity contribution is -0.115. The molecule has 0 radical (unpaired) electrons. The number of carbonyl (C=O) groups is 1. The van der Waals surface area contributed by atoms with Gasteiger partial charge < -0.3 is 14.8 Å². The number of benzene rings is 2. The monoisotopic (exact) mass is 420 g/mol. The molecule has 8 heteroatoms. The number of hydrogen-bond acceptors (Lipinski definition) is 5. The van der Waals surface area contributed by atoms with E-state index in [4.69, 9.17) is 21.1 Å². The molecule has 28 heavy (non-hydrogen) atoms. The molecule has 1 aliphatic rings. The number of halogens is 2. The average Bonchev–Trinajstić information content (AvgIpc) is 2.97. The number of thioether (sulfide) groups is 1. The lowest BCUT2D eigenvalue weighted by Gasteiger charge is -2.15. The molecular weight excluding hydrogens is 403 g/mol. The fourth-order valence-electron chi connectivity index (χ4n) is 2.44. The van der Waals surface area contributed by atoms with Crippen LogP contribution in [0.5, 0.6) is 11.5 Å². The number of ether oxygens (including phenoxy) is 2. The number of hydrogen-bond donors (Lipinski definition) is 1. The first-order chi connectivity index (χ1) is 13.4. The zero-order valence-corrected chi connectivity index (χ0v) is 17.0. The van der Waals surface area contributed by atoms with Crippen LogP contribution in [0.2, 0.25) is 5.02 Å². The largest absolute Gasteiger partial charge is 0.493 e. The third kappa shape index (κ3) is 4.85. The molecule has 1 N–H and O–H groups in total. The van der Waals surface area contributed by atoms with Crippen molar-refractivity contribution in [2.75, 3.05) is 7.11 Å². The van der Waals surface area contributed by atoms with E-state index in [0.29, 0.717) is 37.8 Å². The van der Waals surface area contributed by atoms with E-state index in [-0.39, 0.29) is 17.8 Å². The molecular formula is C20H18ClFN2O3S. The summed E-state index contributed by atoms with van der Waals surface area (Å²) in [4.78, 5) is 17.0. The molecule has 0 aromatic heterocycles. The Morgan fingerprint density at radius 1 is 1.25 bits per heavy atom. The third-order valence-corrected chi connectivity index (χ3v) is 4.80. The number of amides is 1. The van der Waals surface area contributed by atoms with Crippen LogP contribution in [0, 0.1) is 5.82 Å². The second kappa shape index (κ2) is 8.67. The quantitative estimate of drug-likeness (QED) is 0.678. The summed E-state index contributed by atoms with van der Waals surface area (Å²) in [6, 6.07) is 9.15. The number of carbonyl (C=O) groups excluding carboxylic acids is 1. The van der Waals surface area contributed by atoms with Gasteiger partial charge in [0.15, 0.2) is 16.7 Å². The highest BCUT2D eigenvalue weighted by Gasteiger charge is 2.24. The van der Waals surface area contributed by atoms with Crippen LogP contribution in [0.15, 0.2) is 46.3 Å². The van der Waals surface area contributed by atoms with Gasteiger partial charge in [-0.15, -0.1) is 0 Å². The normalized spacial score (nSPS) is 16.7. The Hall–Kier alpha value is -2.51. The van der Waals surface area contributed by atoms with Crippen molar-refractivity contribution < 1.29 is 18.7 Å². The summed E-state index contributed by atoms with van der Waals surface area (Å²) in [7, 11) is 1.53. The molecule has 3 rings (SSSR count). The Morgan fingerprint density at radius 2 is 1.96 bits per heavy atom. The van der Waals surface area contributed by atoms with Gasteiger partial charge in [-0.25, -0.2) is 9.38 Å². The van der Waals surface area contributed by atoms with Crippen molar-refractivity contribution in [3.63, 3.8) is 0 Å². The van der Waals surface area contributed by atoms with Crippen LogP contribution in [-0.2, 0) is 4.79 Å². The minimum atomic E-state index is -0.344. The van der Waals surface area contributed by atoms with Crippen LogP contribution in [0.1, 0.15) is 19.4 Å². The minimum Gasteiger partial charge on any atom is -0.493 e. The molecule has 1 amide bonds. The van der Waals surface area contributed by atoms with E-state index < -0.39 is 0 Å². The van der Waals surface area contributed by atoms with Crippen molar-refractivity contribution >= 4 is 46.2 Å². The van der Waals surface area contributed by atoms with Gasteiger partial charge >= 0.3 is 0 Å². The van der Waals surface area contributed by atoms with E-state index in [2.05, 4.69) is 10.3 Å². The highest BCUT2D eigenvalue weighted by Crippen LogP contribution is 2.38. The highest BCUT2D eigenvalue weighted by atomic mass is 35.5. The molecule has 0 bridgehead atoms. The van der Waals surface area contributed by atoms with E-state index in [9.17, 15) is 9.18 Å². The smallest absolute Gasteiger partial charge is 0.264 e. The van der Waals surface area contributed by atoms with Gasteiger partial charge in [-0.3, -0.25) is 4.79 Å². The molecule has 1 aliphatic heterocycles. The van der Waals surface area contributed by atoms with Crippen molar-refractivity contribution in [3.8, 4) is 11.5 Å². The Morgan fingerprint density at radius 3 is 2.61 bits per heavy atom. The molecule has 0 spiro atoms. The number of nitrogens with zero attached hydrogens (tertiary/aromatic N) is 1. The molecule has 0 saturated carbocycles. The van der Waals surface area contributed by atoms with Gasteiger partial charge in [-0.05, 0) is 73.6 Å². The van der Waals surface area contributed by atoms with Crippen molar-refractivity contribution in [2.45, 2.75) is 20.0 Å². The predicted molar refractivity (Wildman–Crippen MR) is 111 cm³/mol. The first kappa shape index (κ1) is 20.2. The molecule has 0 aliphatic carbocycles. The third-order valence-electron chi connectivity index (χ3n) is 3.61. The van der Waals surface area contributed by atoms with Crippen LogP contribution in [0.3, 0.4) is 0 Å². The standard InChI is InChI=1S/C20H18ClFN2O3S/c1-11(2)27-18-15(21)8-12(9-16(18)26-3)10-17-19(25)24-20(28-17)23-14-6-4-13(22)5-7-14/h4-11H,1-3H3,(H,23,24,25)/b17-10+. The van der Waals surface area contributed by atoms with Gasteiger partial charge in [0.25, 0.3) is 5.91 Å². The molecule has 0 atom stereocenters. The van der Waals surface area contributed by atoms with Crippen LogP contribution in [-0.4, -0.2) is 24.3 Å². The Bertz CT molecular complexity index is 959. The number of methoxy groups -OCH3 is 1. The van der Waals surface area contributed by atoms with Crippen molar-refractivity contribution in [1.82, 2.24) is 5.32 Å². The van der Waals surface area contributed by atoms with Crippen LogP contribution >= 0.6 is 23.4 Å². The van der Waals surface area contributed by atoms with Gasteiger partial charge in [0, 0.05) is 0 Å². The second-order valence-corrected chi connectivity index (χ2v) is 7.60. The molecule has 2 aromatic rings. The lowest BCUT2D eigenvalue weighted by atomic mass is 10.1. The summed E-state index contributed by atoms with van der Waals surface area (Å²) in [5.74, 6) is 0.326. The first-order valence-electron chi connectivity index (χ1n) is 8.45. The maximum atomic E-state index is 13.0. The fourth-order valence-corrected chi connectivity index (χ4v) is 3.54. The molecule has 1 saturated heterocycles. The summed E-state index contributed by atoms with van der Waals surface area (Å²) >= 11 is 7.52. The van der Waals surface area contributed by atoms with E-state index >= 15 is 0 Å². The molecule has 2 aromatic carbocycles. The maximum absolute atomic E-state index is 13.0. The van der Waals surface area contributed by atoms with E-state index in [1.54, 1.807) is 18.2 Å². The van der Waals surface area contributed by atoms with Gasteiger partial charge in [0.05, 0.1) is 28.8 Å². The van der Waals surface area contributed by atoms with Crippen molar-refractivity contribution in [2.24, 2.45) is 4.99 Å². The number of rotatable bonds is 5. The summed E-state index contributed by atoms with van der Waals surface area (Å²) in [6.45, 7) is 3.79. The van der Waals surface area contributed by atoms with Gasteiger partial charge in [-0.2, -0.15) is 0 Å². The average molecular weight is 421 g/mol. The highest BCUT2D eigenvalue weighted by molar-refractivity contribution is 8.18. The summed E-state index contributed by atoms with van der Waals surface area (Å²) < 4.78 is 24.1. The van der Waals surface area contributed by atoms with Gasteiger partial charge in [-0.1, -0.05) is 11.6 Å². The first-order valence-corrected chi connectivity index (χ1v) is 9.64.